The van der Waals surface area contributed by atoms with Crippen LogP contribution in [0.25, 0.3) is 0 Å². The molecule has 0 aliphatic heterocycles. The van der Waals surface area contributed by atoms with Gasteiger partial charge in [-0.15, -0.1) is 0 Å². The number of nitrogens with two attached hydrogens (primary N) is 1. The number of benzene rings is 1. The van der Waals surface area contributed by atoms with Crippen LogP contribution in [0.1, 0.15) is 12.5 Å². The second-order valence-electron chi connectivity index (χ2n) is 4.04. The summed E-state index contributed by atoms with van der Waals surface area (Å²) in [5, 5.41) is 2.70. The molecule has 106 valence electrons. The lowest BCUT2D eigenvalue weighted by molar-refractivity contribution is -0.123. The average Bonchev–Trinajstić information content (AvgIpc) is 2.45. The van der Waals surface area contributed by atoms with Gasteiger partial charge in [0.25, 0.3) is 5.91 Å². The standard InChI is InChI=1S/C14H22N2O3/c1-2-12-3-5-13(6-4-12)19-11-14(17)16-8-10-18-9-7-15/h3-6H,2,7-11,15H2,1H3,(H,16,17). The van der Waals surface area contributed by atoms with E-state index < -0.39 is 0 Å². The molecule has 0 heterocycles. The van der Waals surface area contributed by atoms with Crippen LogP contribution in [-0.2, 0) is 16.0 Å². The molecule has 3 N–H and O–H groups in total. The first kappa shape index (κ1) is 15.5. The Labute approximate surface area is 114 Å². The summed E-state index contributed by atoms with van der Waals surface area (Å²) in [6.07, 6.45) is 0.990. The van der Waals surface area contributed by atoms with E-state index in [4.69, 9.17) is 15.2 Å². The number of aryl methyl sites for hydroxylation is 1. The van der Waals surface area contributed by atoms with Gasteiger partial charge in [-0.05, 0) is 24.1 Å². The van der Waals surface area contributed by atoms with Gasteiger partial charge in [0.1, 0.15) is 5.75 Å². The third kappa shape index (κ3) is 6.79. The lowest BCUT2D eigenvalue weighted by Gasteiger charge is -2.08. The Balaban J connectivity index is 2.15. The number of nitrogens with one attached hydrogen (secondary N) is 1. The van der Waals surface area contributed by atoms with Gasteiger partial charge in [-0.2, -0.15) is 0 Å². The van der Waals surface area contributed by atoms with Crippen molar-refractivity contribution >= 4 is 5.91 Å². The number of hydrogen-bond acceptors (Lipinski definition) is 4. The molecule has 0 saturated heterocycles. The van der Waals surface area contributed by atoms with Crippen LogP contribution in [0, 0.1) is 0 Å². The number of amides is 1. The van der Waals surface area contributed by atoms with Crippen molar-refractivity contribution in [2.75, 3.05) is 32.9 Å². The van der Waals surface area contributed by atoms with Crippen LogP contribution in [0.15, 0.2) is 24.3 Å². The second-order valence-corrected chi connectivity index (χ2v) is 4.04. The molecule has 0 aliphatic rings. The maximum atomic E-state index is 11.5. The molecule has 5 heteroatoms. The molecule has 1 rings (SSSR count). The minimum atomic E-state index is -0.157. The predicted molar refractivity (Wildman–Crippen MR) is 74.2 cm³/mol. The highest BCUT2D eigenvalue weighted by Crippen LogP contribution is 2.12. The Morgan fingerprint density at radius 2 is 2.00 bits per heavy atom. The Morgan fingerprint density at radius 3 is 2.63 bits per heavy atom. The van der Waals surface area contributed by atoms with Crippen molar-refractivity contribution in [3.63, 3.8) is 0 Å². The number of rotatable bonds is 9. The fraction of sp³-hybridized carbons (Fsp3) is 0.500. The van der Waals surface area contributed by atoms with Crippen molar-refractivity contribution in [3.8, 4) is 5.75 Å². The smallest absolute Gasteiger partial charge is 0.258 e. The Bertz CT molecular complexity index is 365. The predicted octanol–water partition coefficient (Wildman–Crippen LogP) is 0.719. The van der Waals surface area contributed by atoms with Crippen LogP contribution in [-0.4, -0.2) is 38.8 Å². The lowest BCUT2D eigenvalue weighted by atomic mass is 10.2. The Kier molecular flexibility index (Phi) is 7.62. The first-order valence-corrected chi connectivity index (χ1v) is 6.52. The second kappa shape index (κ2) is 9.35. The van der Waals surface area contributed by atoms with Crippen LogP contribution < -0.4 is 15.8 Å². The van der Waals surface area contributed by atoms with Crippen LogP contribution >= 0.6 is 0 Å². The first-order valence-electron chi connectivity index (χ1n) is 6.52. The SMILES string of the molecule is CCc1ccc(OCC(=O)NCCOCCN)cc1. The van der Waals surface area contributed by atoms with Crippen molar-refractivity contribution in [1.29, 1.82) is 0 Å². The summed E-state index contributed by atoms with van der Waals surface area (Å²) in [7, 11) is 0. The molecule has 0 aromatic heterocycles. The van der Waals surface area contributed by atoms with E-state index in [0.29, 0.717) is 32.1 Å². The molecule has 0 atom stereocenters. The summed E-state index contributed by atoms with van der Waals surface area (Å²) in [6, 6.07) is 7.73. The monoisotopic (exact) mass is 266 g/mol. The zero-order chi connectivity index (χ0) is 13.9. The van der Waals surface area contributed by atoms with Gasteiger partial charge < -0.3 is 20.5 Å². The summed E-state index contributed by atoms with van der Waals surface area (Å²) in [5.41, 5.74) is 6.52. The van der Waals surface area contributed by atoms with E-state index in [-0.39, 0.29) is 12.5 Å². The highest BCUT2D eigenvalue weighted by atomic mass is 16.5. The van der Waals surface area contributed by atoms with Crippen LogP contribution in [0.3, 0.4) is 0 Å². The largest absolute Gasteiger partial charge is 0.484 e. The highest BCUT2D eigenvalue weighted by molar-refractivity contribution is 5.77. The van der Waals surface area contributed by atoms with Gasteiger partial charge >= 0.3 is 0 Å². The molecule has 0 unspecified atom stereocenters. The molecule has 0 spiro atoms. The minimum absolute atomic E-state index is 0.0162. The van der Waals surface area contributed by atoms with E-state index in [1.54, 1.807) is 0 Å². The summed E-state index contributed by atoms with van der Waals surface area (Å²) in [4.78, 5) is 11.5. The molecule has 0 bridgehead atoms. The van der Waals surface area contributed by atoms with Gasteiger partial charge in [0.05, 0.1) is 13.2 Å². The van der Waals surface area contributed by atoms with Crippen LogP contribution in [0.5, 0.6) is 5.75 Å². The lowest BCUT2D eigenvalue weighted by Crippen LogP contribution is -2.32. The quantitative estimate of drug-likeness (QED) is 0.646. The third-order valence-electron chi connectivity index (χ3n) is 2.53. The van der Waals surface area contributed by atoms with Gasteiger partial charge in [0.15, 0.2) is 6.61 Å². The molecule has 0 fully saturated rings. The number of hydrogen-bond donors (Lipinski definition) is 2. The topological polar surface area (TPSA) is 73.6 Å². The van der Waals surface area contributed by atoms with Crippen LogP contribution in [0.4, 0.5) is 0 Å². The van der Waals surface area contributed by atoms with Crippen molar-refractivity contribution in [3.05, 3.63) is 29.8 Å². The van der Waals surface area contributed by atoms with Crippen molar-refractivity contribution in [1.82, 2.24) is 5.32 Å². The summed E-state index contributed by atoms with van der Waals surface area (Å²) in [6.45, 7) is 4.05. The molecule has 1 aromatic rings. The number of carbonyl (C=O) groups is 1. The summed E-state index contributed by atoms with van der Waals surface area (Å²) < 4.78 is 10.5. The van der Waals surface area contributed by atoms with Gasteiger partial charge in [0, 0.05) is 13.1 Å². The van der Waals surface area contributed by atoms with Crippen molar-refractivity contribution in [2.24, 2.45) is 5.73 Å². The van der Waals surface area contributed by atoms with E-state index in [1.807, 2.05) is 24.3 Å². The summed E-state index contributed by atoms with van der Waals surface area (Å²) >= 11 is 0. The highest BCUT2D eigenvalue weighted by Gasteiger charge is 2.02. The molecule has 19 heavy (non-hydrogen) atoms. The Hall–Kier alpha value is -1.59. The maximum Gasteiger partial charge on any atom is 0.258 e. The molecule has 1 aromatic carbocycles. The molecule has 0 radical (unpaired) electrons. The van der Waals surface area contributed by atoms with E-state index in [1.165, 1.54) is 5.56 Å². The Morgan fingerprint density at radius 1 is 1.26 bits per heavy atom. The normalized spacial score (nSPS) is 10.2. The van der Waals surface area contributed by atoms with E-state index in [2.05, 4.69) is 12.2 Å². The first-order chi connectivity index (χ1) is 9.26. The zero-order valence-electron chi connectivity index (χ0n) is 11.4. The molecular formula is C14H22N2O3. The molecular weight excluding hydrogens is 244 g/mol. The molecule has 5 nitrogen and oxygen atoms in total. The van der Waals surface area contributed by atoms with Crippen LogP contribution in [0.2, 0.25) is 0 Å². The fourth-order valence-corrected chi connectivity index (χ4v) is 1.47. The van der Waals surface area contributed by atoms with Gasteiger partial charge in [-0.3, -0.25) is 4.79 Å². The average molecular weight is 266 g/mol. The van der Waals surface area contributed by atoms with E-state index in [9.17, 15) is 4.79 Å². The fourth-order valence-electron chi connectivity index (χ4n) is 1.47. The summed E-state index contributed by atoms with van der Waals surface area (Å²) in [5.74, 6) is 0.544. The van der Waals surface area contributed by atoms with Crippen molar-refractivity contribution in [2.45, 2.75) is 13.3 Å². The number of ether oxygens (including phenoxy) is 2. The zero-order valence-corrected chi connectivity index (χ0v) is 11.4. The number of carbonyl (C=O) groups excluding carboxylic acids is 1. The third-order valence-corrected chi connectivity index (χ3v) is 2.53. The van der Waals surface area contributed by atoms with Crippen molar-refractivity contribution < 1.29 is 14.3 Å². The minimum Gasteiger partial charge on any atom is -0.484 e. The van der Waals surface area contributed by atoms with Gasteiger partial charge in [-0.25, -0.2) is 0 Å². The maximum absolute atomic E-state index is 11.5. The molecule has 0 saturated carbocycles. The van der Waals surface area contributed by atoms with Gasteiger partial charge in [-0.1, -0.05) is 19.1 Å². The molecule has 0 aliphatic carbocycles. The van der Waals surface area contributed by atoms with Gasteiger partial charge in [0.2, 0.25) is 0 Å². The van der Waals surface area contributed by atoms with E-state index in [0.717, 1.165) is 6.42 Å². The molecule has 1 amide bonds. The van der Waals surface area contributed by atoms with E-state index >= 15 is 0 Å².